The third-order valence-electron chi connectivity index (χ3n) is 4.27. The maximum Gasteiger partial charge on any atom is 0.279 e. The largest absolute Gasteiger partial charge is 0.308 e. The molecule has 138 valence electrons. The molecule has 1 heterocycles. The van der Waals surface area contributed by atoms with E-state index in [9.17, 15) is 9.59 Å². The Morgan fingerprint density at radius 2 is 1.54 bits per heavy atom. The highest BCUT2D eigenvalue weighted by Gasteiger charge is 2.13. The van der Waals surface area contributed by atoms with Crippen molar-refractivity contribution in [2.45, 2.75) is 6.54 Å². The van der Waals surface area contributed by atoms with Crippen LogP contribution < -0.4 is 4.80 Å². The first-order chi connectivity index (χ1) is 13.6. The summed E-state index contributed by atoms with van der Waals surface area (Å²) in [7, 11) is 0. The van der Waals surface area contributed by atoms with Crippen molar-refractivity contribution in [1.29, 1.82) is 0 Å². The molecular weight excluding hydrogens is 392 g/mol. The van der Waals surface area contributed by atoms with Gasteiger partial charge in [-0.25, -0.2) is 0 Å². The molecule has 0 bridgehead atoms. The van der Waals surface area contributed by atoms with Gasteiger partial charge >= 0.3 is 0 Å². The maximum atomic E-state index is 12.8. The quantitative estimate of drug-likeness (QED) is 0.449. The molecule has 4 nitrogen and oxygen atoms in total. The summed E-state index contributed by atoms with van der Waals surface area (Å²) in [4.78, 5) is 30.1. The van der Waals surface area contributed by atoms with E-state index in [4.69, 9.17) is 11.6 Å². The standard InChI is InChI=1S/C22H15ClN2O2S/c23-17-12-10-15(11-13-17)19(26)14-25-18-8-4-5-9-20(18)28-22(25)24-21(27)16-6-2-1-3-7-16/h1-13H,14H2. The summed E-state index contributed by atoms with van der Waals surface area (Å²) in [5.41, 5.74) is 1.94. The van der Waals surface area contributed by atoms with Gasteiger partial charge in [-0.2, -0.15) is 4.99 Å². The van der Waals surface area contributed by atoms with Gasteiger partial charge < -0.3 is 4.57 Å². The van der Waals surface area contributed by atoms with Gasteiger partial charge in [-0.1, -0.05) is 53.3 Å². The highest BCUT2D eigenvalue weighted by molar-refractivity contribution is 7.16. The minimum atomic E-state index is -0.333. The lowest BCUT2D eigenvalue weighted by Gasteiger charge is -2.05. The van der Waals surface area contributed by atoms with Gasteiger partial charge in [0.25, 0.3) is 5.91 Å². The Labute approximate surface area is 170 Å². The molecule has 1 aromatic heterocycles. The van der Waals surface area contributed by atoms with Crippen LogP contribution in [0, 0.1) is 0 Å². The Morgan fingerprint density at radius 1 is 0.857 bits per heavy atom. The van der Waals surface area contributed by atoms with Crippen molar-refractivity contribution in [3.63, 3.8) is 0 Å². The van der Waals surface area contributed by atoms with Gasteiger partial charge in [0.05, 0.1) is 16.8 Å². The molecule has 4 rings (SSSR count). The molecule has 0 N–H and O–H groups in total. The molecule has 0 fully saturated rings. The van der Waals surface area contributed by atoms with Crippen molar-refractivity contribution in [3.05, 3.63) is 99.8 Å². The molecule has 0 atom stereocenters. The third-order valence-corrected chi connectivity index (χ3v) is 5.59. The minimum Gasteiger partial charge on any atom is -0.308 e. The van der Waals surface area contributed by atoms with E-state index in [1.54, 1.807) is 53.1 Å². The van der Waals surface area contributed by atoms with E-state index < -0.39 is 0 Å². The number of nitrogens with zero attached hydrogens (tertiary/aromatic N) is 2. The van der Waals surface area contributed by atoms with Crippen molar-refractivity contribution in [1.82, 2.24) is 4.57 Å². The molecule has 0 unspecified atom stereocenters. The van der Waals surface area contributed by atoms with Crippen molar-refractivity contribution in [3.8, 4) is 0 Å². The summed E-state index contributed by atoms with van der Waals surface area (Å²) >= 11 is 7.30. The lowest BCUT2D eigenvalue weighted by Crippen LogP contribution is -2.21. The number of fused-ring (bicyclic) bond motifs is 1. The van der Waals surface area contributed by atoms with E-state index in [1.165, 1.54) is 11.3 Å². The monoisotopic (exact) mass is 406 g/mol. The number of carbonyl (C=O) groups is 2. The molecule has 0 saturated carbocycles. The van der Waals surface area contributed by atoms with E-state index in [2.05, 4.69) is 4.99 Å². The number of rotatable bonds is 4. The predicted octanol–water partition coefficient (Wildman–Crippen LogP) is 4.98. The first-order valence-corrected chi connectivity index (χ1v) is 9.82. The van der Waals surface area contributed by atoms with E-state index >= 15 is 0 Å². The van der Waals surface area contributed by atoms with Crippen LogP contribution in [0.25, 0.3) is 10.2 Å². The van der Waals surface area contributed by atoms with Gasteiger partial charge in [0.2, 0.25) is 0 Å². The van der Waals surface area contributed by atoms with Crippen LogP contribution in [-0.2, 0) is 6.54 Å². The summed E-state index contributed by atoms with van der Waals surface area (Å²) < 4.78 is 2.75. The number of carbonyl (C=O) groups excluding carboxylic acids is 2. The van der Waals surface area contributed by atoms with Crippen molar-refractivity contribution < 1.29 is 9.59 Å². The Morgan fingerprint density at radius 3 is 2.29 bits per heavy atom. The maximum absolute atomic E-state index is 12.8. The van der Waals surface area contributed by atoms with E-state index in [-0.39, 0.29) is 18.2 Å². The van der Waals surface area contributed by atoms with Gasteiger partial charge in [-0.05, 0) is 48.5 Å². The molecule has 0 aliphatic rings. The summed E-state index contributed by atoms with van der Waals surface area (Å²) in [5.74, 6) is -0.409. The number of Topliss-reactive ketones (excluding diaryl/α,β-unsaturated/α-hetero) is 1. The fourth-order valence-corrected chi connectivity index (χ4v) is 4.02. The zero-order chi connectivity index (χ0) is 19.5. The average molecular weight is 407 g/mol. The van der Waals surface area contributed by atoms with Gasteiger partial charge in [0.15, 0.2) is 10.6 Å². The molecule has 1 amide bonds. The fourth-order valence-electron chi connectivity index (χ4n) is 2.86. The minimum absolute atomic E-state index is 0.0752. The number of ketones is 1. The van der Waals surface area contributed by atoms with Gasteiger partial charge in [-0.15, -0.1) is 0 Å². The average Bonchev–Trinajstić information content (AvgIpc) is 3.06. The second-order valence-electron chi connectivity index (χ2n) is 6.15. The number of halogens is 1. The first kappa shape index (κ1) is 18.3. The highest BCUT2D eigenvalue weighted by Crippen LogP contribution is 2.18. The van der Waals surface area contributed by atoms with Crippen molar-refractivity contribution >= 4 is 44.8 Å². The van der Waals surface area contributed by atoms with Gasteiger partial charge in [0, 0.05) is 16.1 Å². The van der Waals surface area contributed by atoms with Crippen molar-refractivity contribution in [2.24, 2.45) is 4.99 Å². The van der Waals surface area contributed by atoms with Crippen LogP contribution in [0.15, 0.2) is 83.9 Å². The third kappa shape index (κ3) is 3.81. The number of thiazole rings is 1. The molecule has 6 heteroatoms. The number of aromatic nitrogens is 1. The number of amides is 1. The highest BCUT2D eigenvalue weighted by atomic mass is 35.5. The SMILES string of the molecule is O=C(Cn1c(=NC(=O)c2ccccc2)sc2ccccc21)c1ccc(Cl)cc1. The number of hydrogen-bond acceptors (Lipinski definition) is 3. The van der Waals surface area contributed by atoms with Crippen LogP contribution in [-0.4, -0.2) is 16.3 Å². The first-order valence-electron chi connectivity index (χ1n) is 8.63. The Kier molecular flexibility index (Phi) is 5.19. The molecule has 3 aromatic carbocycles. The molecule has 0 aliphatic carbocycles. The molecule has 0 radical (unpaired) electrons. The summed E-state index contributed by atoms with van der Waals surface area (Å²) in [5, 5.41) is 0.578. The topological polar surface area (TPSA) is 51.4 Å². The van der Waals surface area contributed by atoms with Crippen LogP contribution >= 0.6 is 22.9 Å². The molecule has 0 spiro atoms. The number of hydrogen-bond donors (Lipinski definition) is 0. The van der Waals surface area contributed by atoms with E-state index in [0.29, 0.717) is 21.0 Å². The lowest BCUT2D eigenvalue weighted by molar-refractivity contribution is 0.0964. The predicted molar refractivity (Wildman–Crippen MR) is 112 cm³/mol. The Bertz CT molecular complexity index is 1220. The fraction of sp³-hybridized carbons (Fsp3) is 0.0455. The number of para-hydroxylation sites is 1. The lowest BCUT2D eigenvalue weighted by atomic mass is 10.1. The molecular formula is C22H15ClN2O2S. The Hall–Kier alpha value is -3.02. The van der Waals surface area contributed by atoms with Crippen LogP contribution in [0.3, 0.4) is 0 Å². The summed E-state index contributed by atoms with van der Waals surface area (Å²) in [6.07, 6.45) is 0. The van der Waals surface area contributed by atoms with E-state index in [0.717, 1.165) is 10.2 Å². The summed E-state index contributed by atoms with van der Waals surface area (Å²) in [6.45, 7) is 0.0898. The van der Waals surface area contributed by atoms with Crippen LogP contribution in [0.5, 0.6) is 0 Å². The normalized spacial score (nSPS) is 11.7. The van der Waals surface area contributed by atoms with Crippen LogP contribution in [0.1, 0.15) is 20.7 Å². The zero-order valence-electron chi connectivity index (χ0n) is 14.7. The second-order valence-corrected chi connectivity index (χ2v) is 7.60. The molecule has 28 heavy (non-hydrogen) atoms. The second kappa shape index (κ2) is 7.92. The van der Waals surface area contributed by atoms with Crippen molar-refractivity contribution in [2.75, 3.05) is 0 Å². The van der Waals surface area contributed by atoms with E-state index in [1.807, 2.05) is 30.3 Å². The number of benzene rings is 3. The Balaban J connectivity index is 1.77. The van der Waals surface area contributed by atoms with Gasteiger partial charge in [0.1, 0.15) is 0 Å². The molecule has 4 aromatic rings. The van der Waals surface area contributed by atoms with Gasteiger partial charge in [-0.3, -0.25) is 9.59 Å². The molecule has 0 saturated heterocycles. The molecule has 0 aliphatic heterocycles. The van der Waals surface area contributed by atoms with Crippen LogP contribution in [0.2, 0.25) is 5.02 Å². The smallest absolute Gasteiger partial charge is 0.279 e. The van der Waals surface area contributed by atoms with Crippen LogP contribution in [0.4, 0.5) is 0 Å². The summed E-state index contributed by atoms with van der Waals surface area (Å²) in [6, 6.07) is 23.4. The zero-order valence-corrected chi connectivity index (χ0v) is 16.3.